The Morgan fingerprint density at radius 2 is 1.60 bits per heavy atom. The second kappa shape index (κ2) is 8.22. The lowest BCUT2D eigenvalue weighted by Gasteiger charge is -2.10. The fraction of sp³-hybridized carbons (Fsp3) is 0.167. The van der Waals surface area contributed by atoms with Gasteiger partial charge in [-0.15, -0.1) is 0 Å². The molecule has 0 fully saturated rings. The summed E-state index contributed by atoms with van der Waals surface area (Å²) in [5.41, 5.74) is -0.884. The van der Waals surface area contributed by atoms with E-state index in [0.717, 1.165) is 4.68 Å². The number of methoxy groups -OCH3 is 2. The second-order valence-corrected chi connectivity index (χ2v) is 7.65. The van der Waals surface area contributed by atoms with Gasteiger partial charge in [-0.2, -0.15) is 5.10 Å². The molecule has 0 aliphatic rings. The number of rotatable bonds is 7. The first-order chi connectivity index (χ1) is 14.2. The minimum absolute atomic E-state index is 0.0972. The maximum Gasteiger partial charge on any atom is 0.263 e. The summed E-state index contributed by atoms with van der Waals surface area (Å²) in [6, 6.07) is 5.22. The molecular formula is C18H15F4N3O4S. The number of hydrogen-bond donors (Lipinski definition) is 1. The lowest BCUT2D eigenvalue weighted by Crippen LogP contribution is -2.14. The maximum absolute atomic E-state index is 13.8. The number of benzene rings is 2. The van der Waals surface area contributed by atoms with Gasteiger partial charge in [0, 0.05) is 24.4 Å². The van der Waals surface area contributed by atoms with Crippen LogP contribution in [0.3, 0.4) is 0 Å². The highest BCUT2D eigenvalue weighted by atomic mass is 32.2. The van der Waals surface area contributed by atoms with Gasteiger partial charge in [0.05, 0.1) is 31.2 Å². The summed E-state index contributed by atoms with van der Waals surface area (Å²) in [4.78, 5) is -0.154. The highest BCUT2D eigenvalue weighted by molar-refractivity contribution is 7.92. The number of nitrogens with zero attached hydrogens (tertiary/aromatic N) is 2. The predicted molar refractivity (Wildman–Crippen MR) is 98.0 cm³/mol. The van der Waals surface area contributed by atoms with Crippen molar-refractivity contribution in [3.05, 3.63) is 65.4 Å². The summed E-state index contributed by atoms with van der Waals surface area (Å²) >= 11 is 0. The first kappa shape index (κ1) is 21.4. The van der Waals surface area contributed by atoms with Crippen molar-refractivity contribution in [3.63, 3.8) is 0 Å². The molecule has 1 heterocycles. The van der Waals surface area contributed by atoms with Crippen LogP contribution in [0, 0.1) is 23.3 Å². The van der Waals surface area contributed by atoms with Crippen molar-refractivity contribution >= 4 is 15.8 Å². The molecule has 7 nitrogen and oxygen atoms in total. The summed E-state index contributed by atoms with van der Waals surface area (Å²) in [6.45, 7) is -0.662. The van der Waals surface area contributed by atoms with Crippen molar-refractivity contribution < 1.29 is 35.5 Å². The molecule has 12 heteroatoms. The minimum Gasteiger partial charge on any atom is -0.493 e. The largest absolute Gasteiger partial charge is 0.493 e. The molecule has 0 saturated carbocycles. The molecule has 3 aromatic rings. The molecule has 2 aromatic carbocycles. The normalized spacial score (nSPS) is 11.4. The van der Waals surface area contributed by atoms with E-state index < -0.39 is 45.4 Å². The Hall–Kier alpha value is -3.28. The topological polar surface area (TPSA) is 82.5 Å². The van der Waals surface area contributed by atoms with Crippen LogP contribution >= 0.6 is 0 Å². The molecule has 0 unspecified atom stereocenters. The average molecular weight is 445 g/mol. The monoisotopic (exact) mass is 445 g/mol. The smallest absolute Gasteiger partial charge is 0.263 e. The molecule has 0 aliphatic heterocycles. The van der Waals surface area contributed by atoms with E-state index >= 15 is 0 Å². The van der Waals surface area contributed by atoms with Crippen LogP contribution in [-0.4, -0.2) is 32.4 Å². The molecule has 3 rings (SSSR count). The summed E-state index contributed by atoms with van der Waals surface area (Å²) in [7, 11) is -1.35. The summed E-state index contributed by atoms with van der Waals surface area (Å²) in [5, 5.41) is 3.83. The highest BCUT2D eigenvalue weighted by Crippen LogP contribution is 2.30. The molecule has 0 aliphatic carbocycles. The van der Waals surface area contributed by atoms with Gasteiger partial charge in [0.1, 0.15) is 0 Å². The zero-order chi connectivity index (χ0) is 22.1. The molecule has 1 aromatic heterocycles. The van der Waals surface area contributed by atoms with Gasteiger partial charge in [-0.25, -0.2) is 26.0 Å². The number of halogens is 4. The van der Waals surface area contributed by atoms with Crippen molar-refractivity contribution in [3.8, 4) is 11.5 Å². The lowest BCUT2D eigenvalue weighted by molar-refractivity contribution is 0.354. The van der Waals surface area contributed by atoms with Crippen LogP contribution in [0.25, 0.3) is 0 Å². The Morgan fingerprint density at radius 1 is 0.967 bits per heavy atom. The molecule has 0 amide bonds. The van der Waals surface area contributed by atoms with Gasteiger partial charge in [-0.05, 0) is 12.1 Å². The van der Waals surface area contributed by atoms with E-state index in [1.165, 1.54) is 44.7 Å². The Morgan fingerprint density at radius 3 is 2.20 bits per heavy atom. The highest BCUT2D eigenvalue weighted by Gasteiger charge is 2.21. The Kier molecular flexibility index (Phi) is 5.87. The standard InChI is InChI=1S/C18H15F4N3O4S/c1-28-14-4-3-10(7-15(14)29-2)30(26,27)24-16-5-6-25(23-16)9-11-17(21)12(19)8-13(20)18(11)22/h3-8H,9H2,1-2H3,(H,23,24). The van der Waals surface area contributed by atoms with Crippen molar-refractivity contribution in [1.82, 2.24) is 9.78 Å². The average Bonchev–Trinajstić information content (AvgIpc) is 3.15. The second-order valence-electron chi connectivity index (χ2n) is 5.97. The van der Waals surface area contributed by atoms with Crippen LogP contribution in [0.5, 0.6) is 11.5 Å². The Labute approximate surface area is 168 Å². The van der Waals surface area contributed by atoms with Crippen LogP contribution in [0.4, 0.5) is 23.4 Å². The van der Waals surface area contributed by atoms with Crippen LogP contribution < -0.4 is 14.2 Å². The molecule has 0 atom stereocenters. The third-order valence-electron chi connectivity index (χ3n) is 4.07. The maximum atomic E-state index is 13.8. The van der Waals surface area contributed by atoms with Crippen LogP contribution in [0.2, 0.25) is 0 Å². The van der Waals surface area contributed by atoms with E-state index in [0.29, 0.717) is 5.75 Å². The van der Waals surface area contributed by atoms with E-state index in [9.17, 15) is 26.0 Å². The van der Waals surface area contributed by atoms with E-state index in [4.69, 9.17) is 9.47 Å². The zero-order valence-corrected chi connectivity index (χ0v) is 16.4. The molecule has 0 saturated heterocycles. The summed E-state index contributed by atoms with van der Waals surface area (Å²) < 4.78 is 92.6. The number of sulfonamides is 1. The number of ether oxygens (including phenoxy) is 2. The number of anilines is 1. The van der Waals surface area contributed by atoms with Crippen LogP contribution in [-0.2, 0) is 16.6 Å². The third kappa shape index (κ3) is 4.17. The van der Waals surface area contributed by atoms with E-state index in [2.05, 4.69) is 9.82 Å². The van der Waals surface area contributed by atoms with Gasteiger partial charge in [0.25, 0.3) is 10.0 Å². The molecule has 160 valence electrons. The van der Waals surface area contributed by atoms with Gasteiger partial charge in [0.2, 0.25) is 0 Å². The van der Waals surface area contributed by atoms with E-state index in [-0.39, 0.29) is 22.5 Å². The Balaban J connectivity index is 1.84. The van der Waals surface area contributed by atoms with E-state index in [1.807, 2.05) is 0 Å². The molecule has 0 radical (unpaired) electrons. The van der Waals surface area contributed by atoms with Gasteiger partial charge < -0.3 is 9.47 Å². The third-order valence-corrected chi connectivity index (χ3v) is 5.42. The molecule has 0 spiro atoms. The molecule has 0 bridgehead atoms. The van der Waals surface area contributed by atoms with Gasteiger partial charge in [-0.3, -0.25) is 9.40 Å². The number of nitrogens with one attached hydrogen (secondary N) is 1. The van der Waals surface area contributed by atoms with Gasteiger partial charge in [-0.1, -0.05) is 0 Å². The summed E-state index contributed by atoms with van der Waals surface area (Å²) in [6.07, 6.45) is 1.19. The van der Waals surface area contributed by atoms with Crippen LogP contribution in [0.1, 0.15) is 5.56 Å². The quantitative estimate of drug-likeness (QED) is 0.446. The van der Waals surface area contributed by atoms with E-state index in [1.54, 1.807) is 0 Å². The molecular weight excluding hydrogens is 430 g/mol. The first-order valence-corrected chi connectivity index (χ1v) is 9.74. The zero-order valence-electron chi connectivity index (χ0n) is 15.6. The molecule has 30 heavy (non-hydrogen) atoms. The SMILES string of the molecule is COc1ccc(S(=O)(=O)Nc2ccn(Cc3c(F)c(F)cc(F)c3F)n2)cc1OC. The van der Waals surface area contributed by atoms with Crippen molar-refractivity contribution in [2.24, 2.45) is 0 Å². The lowest BCUT2D eigenvalue weighted by atomic mass is 10.2. The van der Waals surface area contributed by atoms with Gasteiger partial charge in [0.15, 0.2) is 40.6 Å². The summed E-state index contributed by atoms with van der Waals surface area (Å²) in [5.74, 6) is -5.89. The molecule has 1 N–H and O–H groups in total. The van der Waals surface area contributed by atoms with Crippen LogP contribution in [0.15, 0.2) is 41.4 Å². The van der Waals surface area contributed by atoms with Crippen molar-refractivity contribution in [2.45, 2.75) is 11.4 Å². The number of hydrogen-bond acceptors (Lipinski definition) is 5. The minimum atomic E-state index is -4.09. The number of aromatic nitrogens is 2. The van der Waals surface area contributed by atoms with Crippen molar-refractivity contribution in [2.75, 3.05) is 18.9 Å². The predicted octanol–water partition coefficient (Wildman–Crippen LogP) is 3.31. The Bertz CT molecular complexity index is 1170. The first-order valence-electron chi connectivity index (χ1n) is 8.26. The van der Waals surface area contributed by atoms with Crippen molar-refractivity contribution in [1.29, 1.82) is 0 Å². The fourth-order valence-corrected chi connectivity index (χ4v) is 3.62. The fourth-order valence-electron chi connectivity index (χ4n) is 2.61. The van der Waals surface area contributed by atoms with Gasteiger partial charge >= 0.3 is 0 Å².